The summed E-state index contributed by atoms with van der Waals surface area (Å²) in [6, 6.07) is 3.12. The number of carboxylic acid groups (broad SMARTS) is 1. The van der Waals surface area contributed by atoms with Crippen molar-refractivity contribution in [1.82, 2.24) is 0 Å². The molecule has 6 heteroatoms. The normalized spacial score (nSPS) is 9.21. The zero-order valence-corrected chi connectivity index (χ0v) is 8.34. The van der Waals surface area contributed by atoms with Crippen molar-refractivity contribution in [1.29, 1.82) is 0 Å². The van der Waals surface area contributed by atoms with Gasteiger partial charge in [0, 0.05) is 12.8 Å². The van der Waals surface area contributed by atoms with Crippen molar-refractivity contribution in [3.63, 3.8) is 0 Å². The molecule has 0 unspecified atom stereocenters. The third-order valence-electron chi connectivity index (χ3n) is 1.45. The third kappa shape index (κ3) is 4.01. The van der Waals surface area contributed by atoms with Gasteiger partial charge in [-0.15, -0.1) is 0 Å². The van der Waals surface area contributed by atoms with Gasteiger partial charge in [0.15, 0.2) is 11.0 Å². The van der Waals surface area contributed by atoms with Gasteiger partial charge in [0.05, 0.1) is 0 Å². The molecule has 4 nitrogen and oxygen atoms in total. The first-order valence-corrected chi connectivity index (χ1v) is 3.96. The minimum Gasteiger partial charge on any atom is -0.542 e. The number of ketones is 1. The first kappa shape index (κ1) is 13.3. The van der Waals surface area contributed by atoms with Crippen molar-refractivity contribution >= 4 is 23.4 Å². The Labute approximate surface area is 97.4 Å². The van der Waals surface area contributed by atoms with E-state index in [9.17, 15) is 14.7 Å². The van der Waals surface area contributed by atoms with Gasteiger partial charge < -0.3 is 14.3 Å². The average molecular weight is 209 g/mol. The molecule has 0 spiro atoms. The quantitative estimate of drug-likeness (QED) is 0.396. The number of carbonyl (C=O) groups excluding carboxylic acids is 2. The van der Waals surface area contributed by atoms with Crippen LogP contribution in [0.2, 0.25) is 5.22 Å². The molecule has 0 bridgehead atoms. The summed E-state index contributed by atoms with van der Waals surface area (Å²) in [6.07, 6.45) is 0.0890. The van der Waals surface area contributed by atoms with E-state index in [1.165, 1.54) is 6.07 Å². The molecule has 70 valence electrons. The molecule has 0 amide bonds. The fraction of sp³-hybridized carbons (Fsp3) is 0.250. The number of halogens is 1. The van der Waals surface area contributed by atoms with Crippen molar-refractivity contribution in [2.75, 3.05) is 0 Å². The molecule has 1 heterocycles. The molecule has 14 heavy (non-hydrogen) atoms. The molecule has 0 saturated carbocycles. The maximum atomic E-state index is 10.6. The van der Waals surface area contributed by atoms with Crippen LogP contribution in [0.15, 0.2) is 16.5 Å². The van der Waals surface area contributed by atoms with Crippen LogP contribution in [0.4, 0.5) is 0 Å². The van der Waals surface area contributed by atoms with E-state index in [0.29, 0.717) is 5.76 Å². The topological polar surface area (TPSA) is 70.3 Å². The van der Waals surface area contributed by atoms with Gasteiger partial charge in [-0.1, -0.05) is 0 Å². The summed E-state index contributed by atoms with van der Waals surface area (Å²) in [7, 11) is 0. The Hall–Kier alpha value is -0.693. The molecule has 0 aliphatic rings. The Morgan fingerprint density at radius 3 is 2.50 bits per heavy atom. The molecular weight excluding hydrogens is 202 g/mol. The Balaban J connectivity index is 0.00000169. The summed E-state index contributed by atoms with van der Waals surface area (Å²) in [4.78, 5) is 20.6. The summed E-state index contributed by atoms with van der Waals surface area (Å²) in [5.41, 5.74) is 0. The number of aryl methyl sites for hydroxylation is 1. The zero-order chi connectivity index (χ0) is 9.84. The largest absolute Gasteiger partial charge is 1.00 e. The van der Waals surface area contributed by atoms with Crippen molar-refractivity contribution in [3.8, 4) is 0 Å². The Morgan fingerprint density at radius 1 is 1.43 bits per heavy atom. The van der Waals surface area contributed by atoms with Crippen LogP contribution in [0.5, 0.6) is 0 Å². The maximum absolute atomic E-state index is 10.6. The van der Waals surface area contributed by atoms with E-state index < -0.39 is 11.8 Å². The summed E-state index contributed by atoms with van der Waals surface area (Å²) in [5, 5.41) is 10.2. The van der Waals surface area contributed by atoms with Crippen LogP contribution < -0.4 is 24.0 Å². The number of carboxylic acids is 1. The monoisotopic (exact) mass is 208 g/mol. The SMILES string of the molecule is O=C([O-])C(=O)CCc1ccc(Cl)o1.[Li+]. The first-order chi connectivity index (χ1) is 6.09. The van der Waals surface area contributed by atoms with Gasteiger partial charge in [-0.25, -0.2) is 0 Å². The second kappa shape index (κ2) is 5.92. The molecule has 0 aromatic carbocycles. The number of Topliss-reactive ketones (excluding diaryl/α,β-unsaturated/α-hetero) is 1. The van der Waals surface area contributed by atoms with E-state index in [1.54, 1.807) is 6.07 Å². The molecule has 1 aromatic heterocycles. The standard InChI is InChI=1S/C8H7ClO4.Li/c9-7-4-2-5(13-7)1-3-6(10)8(11)12;/h2,4H,1,3H2,(H,11,12);/q;+1/p-1. The van der Waals surface area contributed by atoms with Crippen LogP contribution in [0.1, 0.15) is 12.2 Å². The van der Waals surface area contributed by atoms with E-state index in [2.05, 4.69) is 0 Å². The van der Waals surface area contributed by atoms with Crippen LogP contribution in [-0.2, 0) is 16.0 Å². The van der Waals surface area contributed by atoms with Crippen LogP contribution in [-0.4, -0.2) is 11.8 Å². The predicted molar refractivity (Wildman–Crippen MR) is 42.1 cm³/mol. The molecule has 0 saturated heterocycles. The number of furan rings is 1. The Kier molecular flexibility index (Phi) is 5.62. The van der Waals surface area contributed by atoms with Gasteiger partial charge in [-0.3, -0.25) is 4.79 Å². The van der Waals surface area contributed by atoms with Gasteiger partial charge in [-0.05, 0) is 23.7 Å². The van der Waals surface area contributed by atoms with E-state index >= 15 is 0 Å². The molecule has 0 aliphatic heterocycles. The minimum atomic E-state index is -1.67. The Morgan fingerprint density at radius 2 is 2.07 bits per heavy atom. The van der Waals surface area contributed by atoms with Crippen molar-refractivity contribution < 1.29 is 38.0 Å². The third-order valence-corrected chi connectivity index (χ3v) is 1.66. The predicted octanol–water partition coefficient (Wildman–Crippen LogP) is -2.81. The molecule has 0 radical (unpaired) electrons. The Bertz CT molecular complexity index is 334. The van der Waals surface area contributed by atoms with Gasteiger partial charge in [0.2, 0.25) is 0 Å². The smallest absolute Gasteiger partial charge is 0.542 e. The fourth-order valence-corrected chi connectivity index (χ4v) is 0.987. The average Bonchev–Trinajstić information content (AvgIpc) is 2.47. The first-order valence-electron chi connectivity index (χ1n) is 3.58. The van der Waals surface area contributed by atoms with Crippen molar-refractivity contribution in [2.24, 2.45) is 0 Å². The molecular formula is C8H6ClLiO4. The van der Waals surface area contributed by atoms with E-state index in [1.807, 2.05) is 0 Å². The van der Waals surface area contributed by atoms with E-state index in [-0.39, 0.29) is 36.9 Å². The number of aliphatic carboxylic acids is 1. The van der Waals surface area contributed by atoms with E-state index in [0.717, 1.165) is 0 Å². The number of rotatable bonds is 4. The van der Waals surface area contributed by atoms with Crippen molar-refractivity contribution in [2.45, 2.75) is 12.8 Å². The summed E-state index contributed by atoms with van der Waals surface area (Å²) < 4.78 is 4.91. The second-order valence-electron chi connectivity index (χ2n) is 2.42. The molecule has 0 aliphatic carbocycles. The van der Waals surface area contributed by atoms with Crippen LogP contribution >= 0.6 is 11.6 Å². The molecule has 0 fully saturated rings. The summed E-state index contributed by atoms with van der Waals surface area (Å²) >= 11 is 5.46. The number of hydrogen-bond donors (Lipinski definition) is 0. The summed E-state index contributed by atoms with van der Waals surface area (Å²) in [5.74, 6) is -2.12. The van der Waals surface area contributed by atoms with Crippen LogP contribution in [0.3, 0.4) is 0 Å². The van der Waals surface area contributed by atoms with E-state index in [4.69, 9.17) is 16.0 Å². The number of hydrogen-bond acceptors (Lipinski definition) is 4. The van der Waals surface area contributed by atoms with Crippen molar-refractivity contribution in [3.05, 3.63) is 23.1 Å². The van der Waals surface area contributed by atoms with Gasteiger partial charge in [0.25, 0.3) is 0 Å². The molecule has 1 aromatic rings. The van der Waals surface area contributed by atoms with Gasteiger partial charge in [-0.2, -0.15) is 0 Å². The zero-order valence-electron chi connectivity index (χ0n) is 7.58. The molecule has 1 rings (SSSR count). The number of carbonyl (C=O) groups is 2. The van der Waals surface area contributed by atoms with Gasteiger partial charge >= 0.3 is 18.9 Å². The maximum Gasteiger partial charge on any atom is 1.00 e. The van der Waals surface area contributed by atoms with Gasteiger partial charge in [0.1, 0.15) is 11.7 Å². The van der Waals surface area contributed by atoms with Crippen LogP contribution in [0, 0.1) is 0 Å². The minimum absolute atomic E-state index is 0. The second-order valence-corrected chi connectivity index (χ2v) is 2.79. The van der Waals surface area contributed by atoms with Crippen LogP contribution in [0.25, 0.3) is 0 Å². The fourth-order valence-electron chi connectivity index (χ4n) is 0.825. The molecule has 0 N–H and O–H groups in total. The summed E-state index contributed by atoms with van der Waals surface area (Å²) in [6.45, 7) is 0. The molecule has 0 atom stereocenters.